The van der Waals surface area contributed by atoms with Gasteiger partial charge in [-0.25, -0.2) is 4.99 Å². The van der Waals surface area contributed by atoms with E-state index >= 15 is 0 Å². The molecule has 1 amide bonds. The van der Waals surface area contributed by atoms with Crippen LogP contribution in [0.1, 0.15) is 0 Å². The van der Waals surface area contributed by atoms with Crippen LogP contribution in [-0.4, -0.2) is 31.7 Å². The summed E-state index contributed by atoms with van der Waals surface area (Å²) in [5, 5.41) is 0. The lowest BCUT2D eigenvalue weighted by molar-refractivity contribution is -0.106. The van der Waals surface area contributed by atoms with Crippen LogP contribution in [0.2, 0.25) is 0 Å². The fourth-order valence-corrected chi connectivity index (χ4v) is 0.161. The van der Waals surface area contributed by atoms with Gasteiger partial charge in [0.15, 0.2) is 0 Å². The number of nitrogens with zero attached hydrogens (tertiary/aromatic N) is 2. The summed E-state index contributed by atoms with van der Waals surface area (Å²) in [6, 6.07) is 0. The molecule has 0 aromatic heterocycles. The highest BCUT2D eigenvalue weighted by molar-refractivity contribution is 5.67. The van der Waals surface area contributed by atoms with E-state index in [4.69, 9.17) is 0 Å². The van der Waals surface area contributed by atoms with Crippen LogP contribution in [0.25, 0.3) is 0 Å². The number of hydrogen-bond donors (Lipinski definition) is 0. The summed E-state index contributed by atoms with van der Waals surface area (Å²) in [6.07, 6.45) is 1.94. The molecule has 0 bridgehead atoms. The van der Waals surface area contributed by atoms with Crippen molar-refractivity contribution in [3.05, 3.63) is 0 Å². The van der Waals surface area contributed by atoms with Gasteiger partial charge in [0.05, 0.1) is 6.34 Å². The molecule has 3 heteroatoms. The van der Waals surface area contributed by atoms with Gasteiger partial charge in [0.25, 0.3) is 0 Å². The summed E-state index contributed by atoms with van der Waals surface area (Å²) in [7, 11) is 3.60. The Labute approximate surface area is 42.7 Å². The van der Waals surface area contributed by atoms with Crippen LogP contribution >= 0.6 is 0 Å². The molecular weight excluding hydrogens is 92.1 g/mol. The minimum Gasteiger partial charge on any atom is -0.369 e. The lowest BCUT2D eigenvalue weighted by atomic mass is 10.9. The Kier molecular flexibility index (Phi) is 2.92. The molecule has 40 valence electrons. The van der Waals surface area contributed by atoms with E-state index in [-0.39, 0.29) is 0 Å². The summed E-state index contributed by atoms with van der Waals surface area (Å²) < 4.78 is 0. The molecule has 7 heavy (non-hydrogen) atoms. The maximum Gasteiger partial charge on any atom is 0.234 e. The van der Waals surface area contributed by atoms with Gasteiger partial charge in [0, 0.05) is 14.1 Å². The number of hydrogen-bond acceptors (Lipinski definition) is 1. The van der Waals surface area contributed by atoms with Crippen LogP contribution in [0, 0.1) is 0 Å². The minimum absolute atomic E-state index is 0.500. The molecule has 0 radical (unpaired) electrons. The van der Waals surface area contributed by atoms with E-state index in [2.05, 4.69) is 4.99 Å². The Balaban J connectivity index is 3.25. The Morgan fingerprint density at radius 2 is 2.14 bits per heavy atom. The average molecular weight is 100 g/mol. The van der Waals surface area contributed by atoms with E-state index < -0.39 is 0 Å². The number of rotatable bonds is 2. The van der Waals surface area contributed by atoms with Crippen LogP contribution in [0.3, 0.4) is 0 Å². The van der Waals surface area contributed by atoms with Crippen molar-refractivity contribution in [1.82, 2.24) is 4.90 Å². The quantitative estimate of drug-likeness (QED) is 0.272. The molecule has 0 unspecified atom stereocenters. The third-order valence-electron chi connectivity index (χ3n) is 0.358. The van der Waals surface area contributed by atoms with Gasteiger partial charge >= 0.3 is 0 Å². The van der Waals surface area contributed by atoms with Crippen molar-refractivity contribution in [3.63, 3.8) is 0 Å². The van der Waals surface area contributed by atoms with E-state index in [1.165, 1.54) is 6.34 Å². The fraction of sp³-hybridized carbons (Fsp3) is 0.500. The molecule has 0 aliphatic carbocycles. The zero-order valence-electron chi connectivity index (χ0n) is 4.46. The molecule has 0 heterocycles. The van der Waals surface area contributed by atoms with Crippen LogP contribution < -0.4 is 0 Å². The Morgan fingerprint density at radius 3 is 2.29 bits per heavy atom. The predicted octanol–water partition coefficient (Wildman–Crippen LogP) is -0.267. The summed E-state index contributed by atoms with van der Waals surface area (Å²) >= 11 is 0. The van der Waals surface area contributed by atoms with Crippen molar-refractivity contribution in [2.75, 3.05) is 14.1 Å². The third kappa shape index (κ3) is 5.14. The highest BCUT2D eigenvalue weighted by Crippen LogP contribution is 1.60. The molecule has 3 nitrogen and oxygen atoms in total. The minimum atomic E-state index is 0.500. The molecule has 0 aliphatic rings. The van der Waals surface area contributed by atoms with Crippen molar-refractivity contribution in [3.8, 4) is 0 Å². The molecule has 0 aromatic rings. The van der Waals surface area contributed by atoms with Crippen LogP contribution in [0.4, 0.5) is 0 Å². The fourth-order valence-electron chi connectivity index (χ4n) is 0.161. The Bertz CT molecular complexity index is 77.8. The van der Waals surface area contributed by atoms with E-state index in [1.807, 2.05) is 0 Å². The van der Waals surface area contributed by atoms with Gasteiger partial charge in [-0.3, -0.25) is 4.79 Å². The SMILES string of the molecule is CN(C)/C=N\C=O. The zero-order chi connectivity index (χ0) is 5.70. The van der Waals surface area contributed by atoms with Gasteiger partial charge in [-0.15, -0.1) is 0 Å². The van der Waals surface area contributed by atoms with Crippen LogP contribution in [-0.2, 0) is 4.79 Å². The molecule has 0 saturated carbocycles. The second kappa shape index (κ2) is 3.33. The van der Waals surface area contributed by atoms with E-state index in [9.17, 15) is 4.79 Å². The lowest BCUT2D eigenvalue weighted by Gasteiger charge is -1.98. The van der Waals surface area contributed by atoms with Crippen molar-refractivity contribution in [2.45, 2.75) is 0 Å². The van der Waals surface area contributed by atoms with Crippen LogP contribution in [0.15, 0.2) is 4.99 Å². The second-order valence-corrected chi connectivity index (χ2v) is 1.33. The van der Waals surface area contributed by atoms with Crippen molar-refractivity contribution >= 4 is 12.7 Å². The van der Waals surface area contributed by atoms with Gasteiger partial charge in [-0.05, 0) is 0 Å². The Hall–Kier alpha value is -0.860. The molecule has 0 spiro atoms. The van der Waals surface area contributed by atoms with Gasteiger partial charge in [0.2, 0.25) is 6.41 Å². The first-order chi connectivity index (χ1) is 3.27. The first-order valence-electron chi connectivity index (χ1n) is 1.90. The van der Waals surface area contributed by atoms with Gasteiger partial charge in [-0.2, -0.15) is 0 Å². The molecule has 0 N–H and O–H groups in total. The van der Waals surface area contributed by atoms with Gasteiger partial charge in [0.1, 0.15) is 0 Å². The number of aliphatic imine (C=N–C) groups is 1. The highest BCUT2D eigenvalue weighted by Gasteiger charge is 1.70. The van der Waals surface area contributed by atoms with Gasteiger partial charge < -0.3 is 4.90 Å². The molecule has 0 fully saturated rings. The maximum absolute atomic E-state index is 9.48. The standard InChI is InChI=1S/C4H8N2O/c1-6(2)3-5-4-7/h3-4H,1-2H3/b5-3-. The molecule has 0 saturated heterocycles. The summed E-state index contributed by atoms with van der Waals surface area (Å²) in [5.41, 5.74) is 0. The summed E-state index contributed by atoms with van der Waals surface area (Å²) in [5.74, 6) is 0. The molecular formula is C4H8N2O. The molecule has 0 aliphatic heterocycles. The number of carbonyl (C=O) groups is 1. The first-order valence-corrected chi connectivity index (χ1v) is 1.90. The predicted molar refractivity (Wildman–Crippen MR) is 28.2 cm³/mol. The third-order valence-corrected chi connectivity index (χ3v) is 0.358. The monoisotopic (exact) mass is 100 g/mol. The largest absolute Gasteiger partial charge is 0.369 e. The highest BCUT2D eigenvalue weighted by atomic mass is 16.1. The van der Waals surface area contributed by atoms with E-state index in [0.717, 1.165) is 0 Å². The summed E-state index contributed by atoms with van der Waals surface area (Å²) in [4.78, 5) is 14.5. The number of amides is 1. The normalized spacial score (nSPS) is 9.43. The van der Waals surface area contributed by atoms with E-state index in [1.54, 1.807) is 19.0 Å². The van der Waals surface area contributed by atoms with Crippen molar-refractivity contribution in [2.24, 2.45) is 4.99 Å². The molecule has 0 aromatic carbocycles. The Morgan fingerprint density at radius 1 is 1.57 bits per heavy atom. The molecule has 0 atom stereocenters. The van der Waals surface area contributed by atoms with E-state index in [0.29, 0.717) is 6.41 Å². The first kappa shape index (κ1) is 6.14. The maximum atomic E-state index is 9.48. The van der Waals surface area contributed by atoms with Crippen molar-refractivity contribution in [1.29, 1.82) is 0 Å². The second-order valence-electron chi connectivity index (χ2n) is 1.33. The van der Waals surface area contributed by atoms with Crippen LogP contribution in [0.5, 0.6) is 0 Å². The van der Waals surface area contributed by atoms with Gasteiger partial charge in [-0.1, -0.05) is 0 Å². The number of carbonyl (C=O) groups excluding carboxylic acids is 1. The average Bonchev–Trinajstić information content (AvgIpc) is 1.61. The zero-order valence-corrected chi connectivity index (χ0v) is 4.46. The molecule has 0 rings (SSSR count). The smallest absolute Gasteiger partial charge is 0.234 e. The topological polar surface area (TPSA) is 32.7 Å². The van der Waals surface area contributed by atoms with Crippen molar-refractivity contribution < 1.29 is 4.79 Å². The lowest BCUT2D eigenvalue weighted by Crippen LogP contribution is -2.07. The summed E-state index contributed by atoms with van der Waals surface area (Å²) in [6.45, 7) is 0.